The standard InChI is InChI=1S/C6H12ClNO3S/c1-3-5-8(12(7)10)6(9)11-4-2/h3-5H2,1-2H3. The molecule has 0 rings (SSSR count). The van der Waals surface area contributed by atoms with Crippen LogP contribution in [-0.2, 0) is 14.9 Å². The first kappa shape index (κ1) is 11.7. The monoisotopic (exact) mass is 213 g/mol. The van der Waals surface area contributed by atoms with Crippen molar-refractivity contribution in [3.8, 4) is 0 Å². The van der Waals surface area contributed by atoms with Crippen molar-refractivity contribution in [1.29, 1.82) is 0 Å². The molecule has 1 atom stereocenters. The summed E-state index contributed by atoms with van der Waals surface area (Å²) in [5, 5.41) is 0. The van der Waals surface area contributed by atoms with Gasteiger partial charge in [-0.3, -0.25) is 0 Å². The lowest BCUT2D eigenvalue weighted by Gasteiger charge is -2.15. The molecule has 0 aliphatic carbocycles. The Labute approximate surface area is 78.9 Å². The van der Waals surface area contributed by atoms with Gasteiger partial charge in [-0.15, -0.1) is 0 Å². The average Bonchev–Trinajstić information content (AvgIpc) is 1.99. The highest BCUT2D eigenvalue weighted by atomic mass is 35.7. The molecule has 0 aromatic carbocycles. The molecule has 0 saturated heterocycles. The van der Waals surface area contributed by atoms with E-state index < -0.39 is 16.3 Å². The lowest BCUT2D eigenvalue weighted by Crippen LogP contribution is -2.31. The molecule has 0 bridgehead atoms. The molecule has 4 nitrogen and oxygen atoms in total. The number of nitrogens with zero attached hydrogens (tertiary/aromatic N) is 1. The van der Waals surface area contributed by atoms with Gasteiger partial charge in [-0.25, -0.2) is 13.3 Å². The zero-order valence-corrected chi connectivity index (χ0v) is 8.65. The first-order chi connectivity index (χ1) is 5.63. The van der Waals surface area contributed by atoms with Crippen LogP contribution in [0.4, 0.5) is 4.79 Å². The molecule has 72 valence electrons. The molecule has 0 fully saturated rings. The fourth-order valence-corrected chi connectivity index (χ4v) is 1.49. The van der Waals surface area contributed by atoms with Crippen LogP contribution in [0, 0.1) is 0 Å². The summed E-state index contributed by atoms with van der Waals surface area (Å²) in [6.45, 7) is 4.14. The first-order valence-electron chi connectivity index (χ1n) is 3.65. The number of rotatable bonds is 4. The van der Waals surface area contributed by atoms with Crippen molar-refractivity contribution in [3.05, 3.63) is 0 Å². The summed E-state index contributed by atoms with van der Waals surface area (Å²) in [4.78, 5) is 11.0. The first-order valence-corrected chi connectivity index (χ1v) is 5.59. The van der Waals surface area contributed by atoms with Crippen LogP contribution < -0.4 is 0 Å². The van der Waals surface area contributed by atoms with Crippen LogP contribution >= 0.6 is 10.7 Å². The van der Waals surface area contributed by atoms with E-state index in [1.807, 2.05) is 6.92 Å². The summed E-state index contributed by atoms with van der Waals surface area (Å²) in [6.07, 6.45) is 0.0600. The van der Waals surface area contributed by atoms with Gasteiger partial charge in [0.25, 0.3) is 0 Å². The minimum Gasteiger partial charge on any atom is -0.449 e. The van der Waals surface area contributed by atoms with Gasteiger partial charge < -0.3 is 4.74 Å². The van der Waals surface area contributed by atoms with Crippen molar-refractivity contribution < 1.29 is 13.7 Å². The zero-order chi connectivity index (χ0) is 9.56. The molecule has 0 heterocycles. The molecule has 12 heavy (non-hydrogen) atoms. The van der Waals surface area contributed by atoms with Gasteiger partial charge in [0.1, 0.15) is 0 Å². The summed E-state index contributed by atoms with van der Waals surface area (Å²) in [6, 6.07) is 0. The predicted octanol–water partition coefficient (Wildman–Crippen LogP) is 1.67. The van der Waals surface area contributed by atoms with E-state index in [1.54, 1.807) is 6.92 Å². The van der Waals surface area contributed by atoms with E-state index in [1.165, 1.54) is 0 Å². The summed E-state index contributed by atoms with van der Waals surface area (Å²) in [7, 11) is 3.45. The Morgan fingerprint density at radius 2 is 2.17 bits per heavy atom. The molecule has 1 unspecified atom stereocenters. The van der Waals surface area contributed by atoms with E-state index in [2.05, 4.69) is 4.74 Å². The largest absolute Gasteiger partial charge is 0.449 e. The SMILES string of the molecule is CCCN(C(=O)OCC)S(=O)Cl. The Balaban J connectivity index is 4.09. The van der Waals surface area contributed by atoms with E-state index in [0.29, 0.717) is 13.0 Å². The third-order valence-electron chi connectivity index (χ3n) is 1.07. The molecular formula is C6H12ClNO3S. The Bertz CT molecular complexity index is 176. The van der Waals surface area contributed by atoms with Gasteiger partial charge >= 0.3 is 6.09 Å². The van der Waals surface area contributed by atoms with Gasteiger partial charge in [0, 0.05) is 17.2 Å². The Morgan fingerprint density at radius 3 is 2.50 bits per heavy atom. The third-order valence-corrected chi connectivity index (χ3v) is 2.25. The molecule has 0 aromatic rings. The highest BCUT2D eigenvalue weighted by molar-refractivity contribution is 8.06. The van der Waals surface area contributed by atoms with Gasteiger partial charge in [-0.05, 0) is 13.3 Å². The van der Waals surface area contributed by atoms with E-state index in [-0.39, 0.29) is 6.61 Å². The van der Waals surface area contributed by atoms with Gasteiger partial charge in [-0.2, -0.15) is 0 Å². The maximum absolute atomic E-state index is 11.0. The molecule has 0 aliphatic heterocycles. The fraction of sp³-hybridized carbons (Fsp3) is 0.833. The molecular weight excluding hydrogens is 202 g/mol. The highest BCUT2D eigenvalue weighted by Gasteiger charge is 2.18. The third kappa shape index (κ3) is 3.92. The zero-order valence-electron chi connectivity index (χ0n) is 7.08. The van der Waals surface area contributed by atoms with Crippen molar-refractivity contribution in [3.63, 3.8) is 0 Å². The summed E-state index contributed by atoms with van der Waals surface area (Å²) in [5.41, 5.74) is 0. The van der Waals surface area contributed by atoms with Crippen LogP contribution in [0.1, 0.15) is 20.3 Å². The number of ether oxygens (including phenoxy) is 1. The minimum absolute atomic E-state index is 0.257. The van der Waals surface area contributed by atoms with Crippen molar-refractivity contribution in [2.24, 2.45) is 0 Å². The number of amides is 1. The van der Waals surface area contributed by atoms with E-state index >= 15 is 0 Å². The van der Waals surface area contributed by atoms with Gasteiger partial charge in [-0.1, -0.05) is 6.92 Å². The van der Waals surface area contributed by atoms with Crippen LogP contribution in [0.25, 0.3) is 0 Å². The van der Waals surface area contributed by atoms with Crippen molar-refractivity contribution in [2.75, 3.05) is 13.2 Å². The summed E-state index contributed by atoms with van der Waals surface area (Å²) in [5.74, 6) is 0. The highest BCUT2D eigenvalue weighted by Crippen LogP contribution is 2.04. The number of hydrogen-bond acceptors (Lipinski definition) is 3. The lowest BCUT2D eigenvalue weighted by molar-refractivity contribution is 0.133. The Kier molecular flexibility index (Phi) is 6.10. The molecule has 0 spiro atoms. The van der Waals surface area contributed by atoms with Gasteiger partial charge in [0.05, 0.1) is 6.61 Å². The molecule has 0 saturated carbocycles. The summed E-state index contributed by atoms with van der Waals surface area (Å²) < 4.78 is 16.4. The normalized spacial score (nSPS) is 12.2. The van der Waals surface area contributed by atoms with Crippen LogP contribution in [-0.4, -0.2) is 27.8 Å². The van der Waals surface area contributed by atoms with E-state index in [0.717, 1.165) is 4.31 Å². The second-order valence-corrected chi connectivity index (χ2v) is 3.65. The fourth-order valence-electron chi connectivity index (χ4n) is 0.620. The van der Waals surface area contributed by atoms with Crippen molar-refractivity contribution >= 4 is 27.0 Å². The number of carbonyl (C=O) groups excluding carboxylic acids is 1. The molecule has 0 radical (unpaired) electrons. The number of carbonyl (C=O) groups is 1. The molecule has 0 N–H and O–H groups in total. The molecule has 6 heteroatoms. The Hall–Kier alpha value is -0.290. The average molecular weight is 214 g/mol. The van der Waals surface area contributed by atoms with Crippen LogP contribution in [0.15, 0.2) is 0 Å². The maximum atomic E-state index is 11.0. The van der Waals surface area contributed by atoms with Crippen molar-refractivity contribution in [2.45, 2.75) is 20.3 Å². The topological polar surface area (TPSA) is 46.6 Å². The van der Waals surface area contributed by atoms with Gasteiger partial charge in [0.2, 0.25) is 10.2 Å². The van der Waals surface area contributed by atoms with Crippen LogP contribution in [0.2, 0.25) is 0 Å². The molecule has 1 amide bonds. The number of halogens is 1. The van der Waals surface area contributed by atoms with Gasteiger partial charge in [0.15, 0.2) is 0 Å². The van der Waals surface area contributed by atoms with E-state index in [4.69, 9.17) is 10.7 Å². The second-order valence-electron chi connectivity index (χ2n) is 2.01. The van der Waals surface area contributed by atoms with Crippen molar-refractivity contribution in [1.82, 2.24) is 4.31 Å². The Morgan fingerprint density at radius 1 is 1.58 bits per heavy atom. The lowest BCUT2D eigenvalue weighted by atomic mass is 10.5. The summed E-state index contributed by atoms with van der Waals surface area (Å²) >= 11 is 0. The minimum atomic E-state index is -1.80. The second kappa shape index (κ2) is 6.25. The van der Waals surface area contributed by atoms with E-state index in [9.17, 15) is 9.00 Å². The quantitative estimate of drug-likeness (QED) is 0.668. The number of hydrogen-bond donors (Lipinski definition) is 0. The van der Waals surface area contributed by atoms with Crippen LogP contribution in [0.3, 0.4) is 0 Å². The maximum Gasteiger partial charge on any atom is 0.422 e. The predicted molar refractivity (Wildman–Crippen MR) is 48.0 cm³/mol. The van der Waals surface area contributed by atoms with Crippen LogP contribution in [0.5, 0.6) is 0 Å². The smallest absolute Gasteiger partial charge is 0.422 e. The molecule has 0 aromatic heterocycles. The molecule has 0 aliphatic rings.